The Hall–Kier alpha value is -2.84. The van der Waals surface area contributed by atoms with Crippen molar-refractivity contribution in [3.63, 3.8) is 0 Å². The number of thiazole rings is 1. The summed E-state index contributed by atoms with van der Waals surface area (Å²) in [4.78, 5) is 18.1. The minimum atomic E-state index is -0.386. The van der Waals surface area contributed by atoms with Crippen molar-refractivity contribution in [3.8, 4) is 17.2 Å². The van der Waals surface area contributed by atoms with Crippen LogP contribution in [-0.4, -0.2) is 45.0 Å². The number of ether oxygens (including phenoxy) is 4. The van der Waals surface area contributed by atoms with Crippen molar-refractivity contribution >= 4 is 27.5 Å². The number of aryl methyl sites for hydroxylation is 1. The van der Waals surface area contributed by atoms with Crippen LogP contribution in [0.15, 0.2) is 35.3 Å². The zero-order valence-electron chi connectivity index (χ0n) is 17.9. The molecule has 1 amide bonds. The Morgan fingerprint density at radius 1 is 1.07 bits per heavy atom. The van der Waals surface area contributed by atoms with E-state index in [1.807, 2.05) is 18.4 Å². The minimum Gasteiger partial charge on any atom is -0.493 e. The van der Waals surface area contributed by atoms with Crippen LogP contribution in [0.2, 0.25) is 0 Å². The molecule has 0 atom stereocenters. The third kappa shape index (κ3) is 4.49. The van der Waals surface area contributed by atoms with E-state index in [2.05, 4.69) is 23.2 Å². The summed E-state index contributed by atoms with van der Waals surface area (Å²) in [6, 6.07) is 9.41. The number of nitrogens with zero attached hydrogens (tertiary/aromatic N) is 2. The molecule has 0 fully saturated rings. The van der Waals surface area contributed by atoms with E-state index in [0.717, 1.165) is 15.8 Å². The maximum atomic E-state index is 13.0. The van der Waals surface area contributed by atoms with E-state index in [0.29, 0.717) is 47.4 Å². The normalized spacial score (nSPS) is 11.7. The van der Waals surface area contributed by atoms with Gasteiger partial charge in [-0.25, -0.2) is 0 Å². The van der Waals surface area contributed by atoms with Crippen LogP contribution in [0.25, 0.3) is 10.2 Å². The van der Waals surface area contributed by atoms with Gasteiger partial charge in [-0.05, 0) is 43.7 Å². The number of fused-ring (bicyclic) bond motifs is 1. The molecule has 0 radical (unpaired) electrons. The van der Waals surface area contributed by atoms with Crippen LogP contribution < -0.4 is 19.0 Å². The van der Waals surface area contributed by atoms with E-state index in [4.69, 9.17) is 18.9 Å². The average molecular weight is 431 g/mol. The number of aromatic nitrogens is 1. The van der Waals surface area contributed by atoms with Crippen LogP contribution in [-0.2, 0) is 11.3 Å². The molecule has 1 heterocycles. The van der Waals surface area contributed by atoms with E-state index in [1.165, 1.54) is 32.7 Å². The Kier molecular flexibility index (Phi) is 7.12. The summed E-state index contributed by atoms with van der Waals surface area (Å²) in [5.74, 6) is 0.863. The molecule has 2 aromatic carbocycles. The van der Waals surface area contributed by atoms with Gasteiger partial charge in [0.05, 0.1) is 38.2 Å². The molecule has 30 heavy (non-hydrogen) atoms. The molecule has 0 unspecified atom stereocenters. The van der Waals surface area contributed by atoms with Crippen molar-refractivity contribution in [2.75, 3.05) is 34.5 Å². The van der Waals surface area contributed by atoms with Crippen molar-refractivity contribution in [2.45, 2.75) is 20.4 Å². The van der Waals surface area contributed by atoms with Crippen molar-refractivity contribution in [2.24, 2.45) is 4.99 Å². The zero-order valence-corrected chi connectivity index (χ0v) is 18.7. The molecule has 3 rings (SSSR count). The second kappa shape index (κ2) is 9.77. The molecule has 0 aliphatic carbocycles. The minimum absolute atomic E-state index is 0.356. The van der Waals surface area contributed by atoms with Gasteiger partial charge in [0.2, 0.25) is 5.75 Å². The lowest BCUT2D eigenvalue weighted by atomic mass is 10.1. The monoisotopic (exact) mass is 430 g/mol. The Morgan fingerprint density at radius 3 is 2.37 bits per heavy atom. The van der Waals surface area contributed by atoms with Gasteiger partial charge >= 0.3 is 0 Å². The highest BCUT2D eigenvalue weighted by atomic mass is 32.1. The van der Waals surface area contributed by atoms with Crippen molar-refractivity contribution in [3.05, 3.63) is 46.3 Å². The zero-order chi connectivity index (χ0) is 21.7. The first kappa shape index (κ1) is 21.9. The fourth-order valence-electron chi connectivity index (χ4n) is 3.14. The Labute approximate surface area is 179 Å². The first-order valence-electron chi connectivity index (χ1n) is 9.59. The fraction of sp³-hybridized carbons (Fsp3) is 0.364. The number of hydrogen-bond donors (Lipinski definition) is 0. The number of amides is 1. The van der Waals surface area contributed by atoms with Crippen molar-refractivity contribution < 1.29 is 23.7 Å². The van der Waals surface area contributed by atoms with E-state index in [-0.39, 0.29) is 5.91 Å². The van der Waals surface area contributed by atoms with Crippen LogP contribution in [0.4, 0.5) is 0 Å². The second-order valence-electron chi connectivity index (χ2n) is 6.54. The molecule has 3 aromatic rings. The van der Waals surface area contributed by atoms with E-state index < -0.39 is 0 Å². The van der Waals surface area contributed by atoms with E-state index in [9.17, 15) is 4.79 Å². The Morgan fingerprint density at radius 2 is 1.77 bits per heavy atom. The molecule has 0 saturated heterocycles. The van der Waals surface area contributed by atoms with E-state index >= 15 is 0 Å². The van der Waals surface area contributed by atoms with Crippen LogP contribution in [0, 0.1) is 6.92 Å². The number of hydrogen-bond acceptors (Lipinski definition) is 6. The van der Waals surface area contributed by atoms with Gasteiger partial charge in [0.15, 0.2) is 16.3 Å². The van der Waals surface area contributed by atoms with Crippen LogP contribution in [0.1, 0.15) is 22.8 Å². The molecule has 0 bridgehead atoms. The molecule has 0 saturated carbocycles. The summed E-state index contributed by atoms with van der Waals surface area (Å²) in [5, 5.41) is 0. The summed E-state index contributed by atoms with van der Waals surface area (Å²) in [6.45, 7) is 5.79. The maximum absolute atomic E-state index is 13.0. The summed E-state index contributed by atoms with van der Waals surface area (Å²) >= 11 is 1.48. The van der Waals surface area contributed by atoms with Gasteiger partial charge < -0.3 is 23.5 Å². The van der Waals surface area contributed by atoms with Gasteiger partial charge in [0, 0.05) is 18.7 Å². The van der Waals surface area contributed by atoms with Crippen LogP contribution in [0.5, 0.6) is 17.2 Å². The van der Waals surface area contributed by atoms with E-state index in [1.54, 1.807) is 12.1 Å². The molecular formula is C22H26N2O5S. The maximum Gasteiger partial charge on any atom is 0.279 e. The lowest BCUT2D eigenvalue weighted by molar-refractivity contribution is 0.0996. The third-order valence-corrected chi connectivity index (χ3v) is 5.65. The molecule has 7 nitrogen and oxygen atoms in total. The predicted octanol–water partition coefficient (Wildman–Crippen LogP) is 3.81. The van der Waals surface area contributed by atoms with Gasteiger partial charge in [-0.2, -0.15) is 4.99 Å². The summed E-state index contributed by atoms with van der Waals surface area (Å²) < 4.78 is 24.6. The average Bonchev–Trinajstić information content (AvgIpc) is 3.08. The highest BCUT2D eigenvalue weighted by Crippen LogP contribution is 2.38. The van der Waals surface area contributed by atoms with Crippen LogP contribution in [0.3, 0.4) is 0 Å². The van der Waals surface area contributed by atoms with Gasteiger partial charge in [0.1, 0.15) is 0 Å². The number of benzene rings is 2. The Balaban J connectivity index is 2.09. The molecule has 0 spiro atoms. The third-order valence-electron chi connectivity index (χ3n) is 4.61. The van der Waals surface area contributed by atoms with Crippen LogP contribution >= 0.6 is 11.3 Å². The summed E-state index contributed by atoms with van der Waals surface area (Å²) in [6.07, 6.45) is 0. The molecule has 160 valence electrons. The molecular weight excluding hydrogens is 404 g/mol. The number of carbonyl (C=O) groups is 1. The predicted molar refractivity (Wildman–Crippen MR) is 117 cm³/mol. The SMILES string of the molecule is CCOCCn1c(=NC(=O)c2cc(OC)c(OC)c(OC)c2)sc2cc(C)ccc21. The second-order valence-corrected chi connectivity index (χ2v) is 7.54. The summed E-state index contributed by atoms with van der Waals surface area (Å²) in [5.41, 5.74) is 2.54. The number of rotatable bonds is 8. The largest absolute Gasteiger partial charge is 0.493 e. The van der Waals surface area contributed by atoms with Crippen molar-refractivity contribution in [1.82, 2.24) is 4.57 Å². The van der Waals surface area contributed by atoms with Crippen molar-refractivity contribution in [1.29, 1.82) is 0 Å². The quantitative estimate of drug-likeness (QED) is 0.508. The number of carbonyl (C=O) groups excluding carboxylic acids is 1. The standard InChI is InChI=1S/C22H26N2O5S/c1-6-29-10-9-24-16-8-7-14(2)11-19(16)30-22(24)23-21(25)15-12-17(26-3)20(28-5)18(13-15)27-4/h7-8,11-13H,6,9-10H2,1-5H3. The highest BCUT2D eigenvalue weighted by molar-refractivity contribution is 7.16. The lowest BCUT2D eigenvalue weighted by Crippen LogP contribution is -2.19. The molecule has 0 aliphatic rings. The van der Waals surface area contributed by atoms with Gasteiger partial charge in [-0.1, -0.05) is 17.4 Å². The van der Waals surface area contributed by atoms with Gasteiger partial charge in [0.25, 0.3) is 5.91 Å². The number of methoxy groups -OCH3 is 3. The Bertz CT molecular complexity index is 1090. The molecule has 0 N–H and O–H groups in total. The highest BCUT2D eigenvalue weighted by Gasteiger charge is 2.17. The molecule has 1 aromatic heterocycles. The fourth-order valence-corrected chi connectivity index (χ4v) is 4.29. The smallest absolute Gasteiger partial charge is 0.279 e. The summed E-state index contributed by atoms with van der Waals surface area (Å²) in [7, 11) is 4.55. The molecule has 8 heteroatoms. The first-order valence-corrected chi connectivity index (χ1v) is 10.4. The lowest BCUT2D eigenvalue weighted by Gasteiger charge is -2.12. The first-order chi connectivity index (χ1) is 14.5. The van der Waals surface area contributed by atoms with Gasteiger partial charge in [-0.15, -0.1) is 0 Å². The molecule has 0 aliphatic heterocycles. The van der Waals surface area contributed by atoms with Gasteiger partial charge in [-0.3, -0.25) is 4.79 Å². The topological polar surface area (TPSA) is 71.3 Å².